The summed E-state index contributed by atoms with van der Waals surface area (Å²) < 4.78 is 0. The molecule has 0 aliphatic rings. The zero-order chi connectivity index (χ0) is 14.9. The van der Waals surface area contributed by atoms with Gasteiger partial charge in [-0.1, -0.05) is 30.9 Å². The number of pyridine rings is 1. The number of nitrogens with one attached hydrogen (secondary N) is 1. The third kappa shape index (κ3) is 4.54. The minimum absolute atomic E-state index is 0.852. The first-order valence-electron chi connectivity index (χ1n) is 6.58. The summed E-state index contributed by atoms with van der Waals surface area (Å²) in [5, 5.41) is 6.18. The highest BCUT2D eigenvalue weighted by molar-refractivity contribution is 7.14. The van der Waals surface area contributed by atoms with Crippen LogP contribution in [-0.4, -0.2) is 9.97 Å². The SMILES string of the molecule is C=C\C=C/C=C(\C=C/C)Nc1nc(-c2cccnc2)cs1. The van der Waals surface area contributed by atoms with Crippen molar-refractivity contribution >= 4 is 16.5 Å². The van der Waals surface area contributed by atoms with Crippen molar-refractivity contribution in [2.45, 2.75) is 6.92 Å². The molecule has 4 heteroatoms. The van der Waals surface area contributed by atoms with Gasteiger partial charge in [-0.25, -0.2) is 4.98 Å². The zero-order valence-electron chi connectivity index (χ0n) is 11.9. The second-order valence-electron chi connectivity index (χ2n) is 4.15. The first-order chi connectivity index (χ1) is 10.3. The number of anilines is 1. The molecule has 1 N–H and O–H groups in total. The van der Waals surface area contributed by atoms with E-state index >= 15 is 0 Å². The number of hydrogen-bond acceptors (Lipinski definition) is 4. The Morgan fingerprint density at radius 2 is 2.29 bits per heavy atom. The number of aromatic nitrogens is 2. The van der Waals surface area contributed by atoms with E-state index in [1.807, 2.05) is 61.0 Å². The molecule has 0 amide bonds. The van der Waals surface area contributed by atoms with Gasteiger partial charge < -0.3 is 5.32 Å². The molecule has 0 atom stereocenters. The van der Waals surface area contributed by atoms with E-state index in [2.05, 4.69) is 21.9 Å². The maximum atomic E-state index is 4.58. The summed E-state index contributed by atoms with van der Waals surface area (Å²) >= 11 is 1.57. The Kier molecular flexibility index (Phi) is 5.67. The van der Waals surface area contributed by atoms with Crippen LogP contribution in [0.1, 0.15) is 6.92 Å². The predicted octanol–water partition coefficient (Wildman–Crippen LogP) is 4.82. The Labute approximate surface area is 129 Å². The Hall–Kier alpha value is -2.46. The maximum Gasteiger partial charge on any atom is 0.187 e. The first-order valence-corrected chi connectivity index (χ1v) is 7.46. The Morgan fingerprint density at radius 1 is 1.38 bits per heavy atom. The lowest BCUT2D eigenvalue weighted by Gasteiger charge is -2.02. The van der Waals surface area contributed by atoms with E-state index in [-0.39, 0.29) is 0 Å². The van der Waals surface area contributed by atoms with Crippen LogP contribution in [0.4, 0.5) is 5.13 Å². The predicted molar refractivity (Wildman–Crippen MR) is 91.2 cm³/mol. The summed E-state index contributed by atoms with van der Waals surface area (Å²) in [5.41, 5.74) is 2.92. The van der Waals surface area contributed by atoms with E-state index in [1.54, 1.807) is 23.6 Å². The van der Waals surface area contributed by atoms with Crippen molar-refractivity contribution in [3.05, 3.63) is 78.6 Å². The lowest BCUT2D eigenvalue weighted by Crippen LogP contribution is -1.95. The quantitative estimate of drug-likeness (QED) is 0.776. The van der Waals surface area contributed by atoms with Crippen LogP contribution in [-0.2, 0) is 0 Å². The summed E-state index contributed by atoms with van der Waals surface area (Å²) in [6.45, 7) is 5.64. The van der Waals surface area contributed by atoms with Crippen molar-refractivity contribution in [3.63, 3.8) is 0 Å². The number of nitrogens with zero attached hydrogens (tertiary/aromatic N) is 2. The first kappa shape index (κ1) is 14.9. The largest absolute Gasteiger partial charge is 0.332 e. The molecule has 0 unspecified atom stereocenters. The van der Waals surface area contributed by atoms with E-state index in [4.69, 9.17) is 0 Å². The summed E-state index contributed by atoms with van der Waals surface area (Å²) in [6, 6.07) is 3.91. The molecule has 0 aliphatic carbocycles. The van der Waals surface area contributed by atoms with Crippen molar-refractivity contribution in [2.24, 2.45) is 0 Å². The zero-order valence-corrected chi connectivity index (χ0v) is 12.7. The molecule has 0 radical (unpaired) electrons. The molecule has 0 aromatic carbocycles. The van der Waals surface area contributed by atoms with Crippen LogP contribution >= 0.6 is 11.3 Å². The molecule has 2 heterocycles. The highest BCUT2D eigenvalue weighted by Crippen LogP contribution is 2.25. The number of thiazole rings is 1. The molecule has 0 aliphatic heterocycles. The van der Waals surface area contributed by atoms with E-state index < -0.39 is 0 Å². The standard InChI is InChI=1S/C17H17N3S/c1-3-5-6-10-15(8-4-2)19-17-20-16(13-21-17)14-9-7-11-18-12-14/h3-13H,1H2,2H3,(H,19,20)/b6-5-,8-4-,15-10+. The van der Waals surface area contributed by atoms with Crippen LogP contribution in [0, 0.1) is 0 Å². The highest BCUT2D eigenvalue weighted by atomic mass is 32.1. The third-order valence-electron chi connectivity index (χ3n) is 2.58. The smallest absolute Gasteiger partial charge is 0.187 e. The molecule has 0 bridgehead atoms. The average Bonchev–Trinajstić information content (AvgIpc) is 2.97. The van der Waals surface area contributed by atoms with Crippen LogP contribution in [0.25, 0.3) is 11.3 Å². The third-order valence-corrected chi connectivity index (χ3v) is 3.34. The molecule has 21 heavy (non-hydrogen) atoms. The molecule has 0 fully saturated rings. The van der Waals surface area contributed by atoms with Crippen LogP contribution in [0.2, 0.25) is 0 Å². The Bertz CT molecular complexity index is 666. The molecule has 2 aromatic heterocycles. The second-order valence-corrected chi connectivity index (χ2v) is 5.01. The van der Waals surface area contributed by atoms with E-state index in [0.29, 0.717) is 0 Å². The summed E-state index contributed by atoms with van der Waals surface area (Å²) in [6.07, 6.45) is 15.1. The number of hydrogen-bond donors (Lipinski definition) is 1. The molecular formula is C17H17N3S. The molecule has 0 spiro atoms. The van der Waals surface area contributed by atoms with Gasteiger partial charge in [-0.3, -0.25) is 4.98 Å². The minimum Gasteiger partial charge on any atom is -0.332 e. The van der Waals surface area contributed by atoms with Crippen molar-refractivity contribution < 1.29 is 0 Å². The summed E-state index contributed by atoms with van der Waals surface area (Å²) in [7, 11) is 0. The molecule has 0 saturated carbocycles. The van der Waals surface area contributed by atoms with Crippen molar-refractivity contribution in [1.82, 2.24) is 9.97 Å². The van der Waals surface area contributed by atoms with Gasteiger partial charge in [0.05, 0.1) is 5.69 Å². The highest BCUT2D eigenvalue weighted by Gasteiger charge is 2.04. The molecular weight excluding hydrogens is 278 g/mol. The van der Waals surface area contributed by atoms with Crippen molar-refractivity contribution in [1.29, 1.82) is 0 Å². The maximum absolute atomic E-state index is 4.58. The van der Waals surface area contributed by atoms with E-state index in [1.165, 1.54) is 0 Å². The van der Waals surface area contributed by atoms with Crippen LogP contribution in [0.15, 0.2) is 78.6 Å². The fraction of sp³-hybridized carbons (Fsp3) is 0.0588. The summed E-state index contributed by atoms with van der Waals surface area (Å²) in [5.74, 6) is 0. The monoisotopic (exact) mass is 295 g/mol. The molecule has 2 aromatic rings. The van der Waals surface area contributed by atoms with Gasteiger partial charge in [-0.05, 0) is 31.2 Å². The van der Waals surface area contributed by atoms with Gasteiger partial charge in [0.15, 0.2) is 5.13 Å². The normalized spacial score (nSPS) is 12.1. The van der Waals surface area contributed by atoms with Gasteiger partial charge in [-0.15, -0.1) is 11.3 Å². The molecule has 0 saturated heterocycles. The molecule has 3 nitrogen and oxygen atoms in total. The van der Waals surface area contributed by atoms with Crippen molar-refractivity contribution in [3.8, 4) is 11.3 Å². The molecule has 106 valence electrons. The topological polar surface area (TPSA) is 37.8 Å². The summed E-state index contributed by atoms with van der Waals surface area (Å²) in [4.78, 5) is 8.69. The van der Waals surface area contributed by atoms with Gasteiger partial charge in [0.1, 0.15) is 0 Å². The lowest BCUT2D eigenvalue weighted by molar-refractivity contribution is 1.30. The van der Waals surface area contributed by atoms with Crippen LogP contribution in [0.3, 0.4) is 0 Å². The van der Waals surface area contributed by atoms with Gasteiger partial charge in [0.25, 0.3) is 0 Å². The average molecular weight is 295 g/mol. The van der Waals surface area contributed by atoms with E-state index in [0.717, 1.165) is 22.1 Å². The van der Waals surface area contributed by atoms with Crippen LogP contribution in [0.5, 0.6) is 0 Å². The Balaban J connectivity index is 2.15. The Morgan fingerprint density at radius 3 is 3.00 bits per heavy atom. The van der Waals surface area contributed by atoms with Gasteiger partial charge >= 0.3 is 0 Å². The molecule has 2 rings (SSSR count). The van der Waals surface area contributed by atoms with Gasteiger partial charge in [0, 0.05) is 29.0 Å². The fourth-order valence-corrected chi connectivity index (χ4v) is 2.40. The van der Waals surface area contributed by atoms with Gasteiger partial charge in [0.2, 0.25) is 0 Å². The second kappa shape index (κ2) is 7.97. The van der Waals surface area contributed by atoms with Crippen LogP contribution < -0.4 is 5.32 Å². The number of allylic oxidation sites excluding steroid dienone is 6. The minimum atomic E-state index is 0.852. The van der Waals surface area contributed by atoms with E-state index in [9.17, 15) is 0 Å². The van der Waals surface area contributed by atoms with Gasteiger partial charge in [-0.2, -0.15) is 0 Å². The van der Waals surface area contributed by atoms with Crippen molar-refractivity contribution in [2.75, 3.05) is 5.32 Å². The lowest BCUT2D eigenvalue weighted by atomic mass is 10.2. The number of rotatable bonds is 6. The fourth-order valence-electron chi connectivity index (χ4n) is 1.66.